The van der Waals surface area contributed by atoms with Gasteiger partial charge < -0.3 is 4.90 Å². The maximum atomic E-state index is 8.76. The van der Waals surface area contributed by atoms with Crippen molar-refractivity contribution in [2.45, 2.75) is 0 Å². The van der Waals surface area contributed by atoms with Gasteiger partial charge in [-0.1, -0.05) is 0 Å². The van der Waals surface area contributed by atoms with Crippen molar-refractivity contribution in [2.24, 2.45) is 0 Å². The highest BCUT2D eigenvalue weighted by atomic mass is 32.2. The van der Waals surface area contributed by atoms with Crippen LogP contribution in [0.25, 0.3) is 0 Å². The zero-order valence-electron chi connectivity index (χ0n) is 7.81. The Morgan fingerprint density at radius 3 is 2.93 bits per heavy atom. The first kappa shape index (κ1) is 9.35. The molecule has 2 rings (SSSR count). The van der Waals surface area contributed by atoms with Crippen LogP contribution in [-0.2, 0) is 0 Å². The minimum absolute atomic E-state index is 0.688. The van der Waals surface area contributed by atoms with Gasteiger partial charge in [-0.25, -0.2) is 4.98 Å². The van der Waals surface area contributed by atoms with Crippen LogP contribution in [0.1, 0.15) is 5.56 Å². The van der Waals surface area contributed by atoms with Crippen LogP contribution in [0, 0.1) is 11.3 Å². The quantitative estimate of drug-likeness (QED) is 0.696. The molecule has 1 fully saturated rings. The number of hydrogen-bond donors (Lipinski definition) is 0. The third-order valence-corrected chi connectivity index (χ3v) is 3.15. The molecular formula is C10H11N3S. The molecule has 0 amide bonds. The van der Waals surface area contributed by atoms with Crippen LogP contribution in [0.4, 0.5) is 5.82 Å². The minimum atomic E-state index is 0.688. The van der Waals surface area contributed by atoms with Gasteiger partial charge in [-0.15, -0.1) is 0 Å². The van der Waals surface area contributed by atoms with Crippen molar-refractivity contribution in [3.63, 3.8) is 0 Å². The summed E-state index contributed by atoms with van der Waals surface area (Å²) in [5, 5.41) is 8.76. The smallest absolute Gasteiger partial charge is 0.129 e. The van der Waals surface area contributed by atoms with Crippen molar-refractivity contribution in [2.75, 3.05) is 29.5 Å². The van der Waals surface area contributed by atoms with Gasteiger partial charge in [0.15, 0.2) is 0 Å². The summed E-state index contributed by atoms with van der Waals surface area (Å²) in [7, 11) is 0. The Morgan fingerprint density at radius 1 is 1.43 bits per heavy atom. The second-order valence-corrected chi connectivity index (χ2v) is 4.34. The average molecular weight is 205 g/mol. The number of rotatable bonds is 1. The lowest BCUT2D eigenvalue weighted by atomic mass is 10.3. The van der Waals surface area contributed by atoms with Crippen LogP contribution in [-0.4, -0.2) is 29.6 Å². The lowest BCUT2D eigenvalue weighted by Crippen LogP contribution is -2.33. The molecule has 0 saturated carbocycles. The van der Waals surface area contributed by atoms with Crippen LogP contribution in [0.2, 0.25) is 0 Å². The maximum Gasteiger partial charge on any atom is 0.129 e. The molecule has 14 heavy (non-hydrogen) atoms. The van der Waals surface area contributed by atoms with Crippen LogP contribution in [0.15, 0.2) is 18.3 Å². The molecule has 1 aromatic heterocycles. The molecule has 0 bridgehead atoms. The Labute approximate surface area is 87.7 Å². The monoisotopic (exact) mass is 205 g/mol. The second-order valence-electron chi connectivity index (χ2n) is 3.11. The largest absolute Gasteiger partial charge is 0.355 e. The topological polar surface area (TPSA) is 39.9 Å². The highest BCUT2D eigenvalue weighted by molar-refractivity contribution is 7.99. The van der Waals surface area contributed by atoms with Crippen molar-refractivity contribution in [1.29, 1.82) is 5.26 Å². The first-order chi connectivity index (χ1) is 6.90. The van der Waals surface area contributed by atoms with Crippen molar-refractivity contribution in [3.8, 4) is 6.07 Å². The van der Waals surface area contributed by atoms with Gasteiger partial charge in [-0.2, -0.15) is 17.0 Å². The molecule has 4 heteroatoms. The highest BCUT2D eigenvalue weighted by Gasteiger charge is 2.12. The summed E-state index contributed by atoms with van der Waals surface area (Å²) in [6, 6.07) is 5.73. The molecule has 0 aliphatic carbocycles. The minimum Gasteiger partial charge on any atom is -0.355 e. The number of hydrogen-bond acceptors (Lipinski definition) is 4. The third-order valence-electron chi connectivity index (χ3n) is 2.21. The van der Waals surface area contributed by atoms with Gasteiger partial charge in [-0.3, -0.25) is 0 Å². The van der Waals surface area contributed by atoms with Gasteiger partial charge in [-0.05, 0) is 12.1 Å². The standard InChI is InChI=1S/C10H11N3S/c11-8-9-1-2-12-10(7-9)13-3-5-14-6-4-13/h1-2,7H,3-6H2. The number of nitrogens with zero attached hydrogens (tertiary/aromatic N) is 3. The number of anilines is 1. The summed E-state index contributed by atoms with van der Waals surface area (Å²) in [6.07, 6.45) is 1.70. The van der Waals surface area contributed by atoms with Gasteiger partial charge in [0.2, 0.25) is 0 Å². The molecule has 72 valence electrons. The van der Waals surface area contributed by atoms with Crippen molar-refractivity contribution >= 4 is 17.6 Å². The molecule has 0 radical (unpaired) electrons. The number of nitriles is 1. The van der Waals surface area contributed by atoms with E-state index in [0.29, 0.717) is 5.56 Å². The first-order valence-corrected chi connectivity index (χ1v) is 5.74. The predicted octanol–water partition coefficient (Wildman–Crippen LogP) is 1.51. The summed E-state index contributed by atoms with van der Waals surface area (Å²) in [4.78, 5) is 6.51. The molecule has 1 aromatic rings. The number of thioether (sulfide) groups is 1. The Morgan fingerprint density at radius 2 is 2.21 bits per heavy atom. The lowest BCUT2D eigenvalue weighted by Gasteiger charge is -2.27. The summed E-state index contributed by atoms with van der Waals surface area (Å²) >= 11 is 1.97. The van der Waals surface area contributed by atoms with E-state index >= 15 is 0 Å². The molecular weight excluding hydrogens is 194 g/mol. The summed E-state index contributed by atoms with van der Waals surface area (Å²) in [5.41, 5.74) is 0.688. The summed E-state index contributed by atoms with van der Waals surface area (Å²) < 4.78 is 0. The third kappa shape index (κ3) is 1.99. The molecule has 1 aliphatic rings. The fourth-order valence-electron chi connectivity index (χ4n) is 1.45. The average Bonchev–Trinajstić information content (AvgIpc) is 2.30. The van der Waals surface area contributed by atoms with Crippen molar-refractivity contribution < 1.29 is 0 Å². The van der Waals surface area contributed by atoms with Crippen LogP contribution in [0.3, 0.4) is 0 Å². The van der Waals surface area contributed by atoms with Crippen LogP contribution >= 0.6 is 11.8 Å². The fraction of sp³-hybridized carbons (Fsp3) is 0.400. The first-order valence-electron chi connectivity index (χ1n) is 4.59. The Kier molecular flexibility index (Phi) is 2.90. The molecule has 3 nitrogen and oxygen atoms in total. The van der Waals surface area contributed by atoms with E-state index in [1.54, 1.807) is 12.3 Å². The SMILES string of the molecule is N#Cc1ccnc(N2CCSCC2)c1. The molecule has 0 N–H and O–H groups in total. The van der Waals surface area contributed by atoms with E-state index in [9.17, 15) is 0 Å². The summed E-state index contributed by atoms with van der Waals surface area (Å²) in [5.74, 6) is 3.24. The maximum absolute atomic E-state index is 8.76. The van der Waals surface area contributed by atoms with E-state index in [4.69, 9.17) is 5.26 Å². The number of pyridine rings is 1. The van der Waals surface area contributed by atoms with Gasteiger partial charge >= 0.3 is 0 Å². The van der Waals surface area contributed by atoms with E-state index < -0.39 is 0 Å². The van der Waals surface area contributed by atoms with E-state index in [0.717, 1.165) is 30.4 Å². The van der Waals surface area contributed by atoms with E-state index in [2.05, 4.69) is 16.0 Å². The normalized spacial score (nSPS) is 16.4. The summed E-state index contributed by atoms with van der Waals surface area (Å²) in [6.45, 7) is 2.07. The van der Waals surface area contributed by atoms with Crippen LogP contribution < -0.4 is 4.90 Å². The molecule has 0 spiro atoms. The highest BCUT2D eigenvalue weighted by Crippen LogP contribution is 2.17. The Bertz CT molecular complexity index is 353. The molecule has 0 aromatic carbocycles. The van der Waals surface area contributed by atoms with E-state index in [1.807, 2.05) is 17.8 Å². The fourth-order valence-corrected chi connectivity index (χ4v) is 2.36. The second kappa shape index (κ2) is 4.34. The zero-order chi connectivity index (χ0) is 9.80. The van der Waals surface area contributed by atoms with Gasteiger partial charge in [0.1, 0.15) is 5.82 Å². The van der Waals surface area contributed by atoms with Gasteiger partial charge in [0.25, 0.3) is 0 Å². The van der Waals surface area contributed by atoms with Crippen molar-refractivity contribution in [3.05, 3.63) is 23.9 Å². The Hall–Kier alpha value is -1.21. The van der Waals surface area contributed by atoms with Crippen LogP contribution in [0.5, 0.6) is 0 Å². The van der Waals surface area contributed by atoms with E-state index in [-0.39, 0.29) is 0 Å². The van der Waals surface area contributed by atoms with Gasteiger partial charge in [0.05, 0.1) is 11.6 Å². The Balaban J connectivity index is 2.18. The van der Waals surface area contributed by atoms with E-state index in [1.165, 1.54) is 0 Å². The van der Waals surface area contributed by atoms with Gasteiger partial charge in [0, 0.05) is 30.8 Å². The molecule has 0 unspecified atom stereocenters. The molecule has 0 atom stereocenters. The molecule has 2 heterocycles. The number of aromatic nitrogens is 1. The molecule has 1 aliphatic heterocycles. The van der Waals surface area contributed by atoms with Crippen molar-refractivity contribution in [1.82, 2.24) is 4.98 Å². The lowest BCUT2D eigenvalue weighted by molar-refractivity contribution is 0.839. The predicted molar refractivity (Wildman–Crippen MR) is 58.5 cm³/mol. The molecule has 1 saturated heterocycles. The zero-order valence-corrected chi connectivity index (χ0v) is 8.63.